The topological polar surface area (TPSA) is 20.2 Å². The second-order valence-electron chi connectivity index (χ2n) is 5.11. The lowest BCUT2D eigenvalue weighted by atomic mass is 9.74. The predicted octanol–water partition coefficient (Wildman–Crippen LogP) is 4.59. The van der Waals surface area contributed by atoms with Crippen molar-refractivity contribution in [2.24, 2.45) is 0 Å². The van der Waals surface area contributed by atoms with Crippen LogP contribution in [0.2, 0.25) is 0 Å². The van der Waals surface area contributed by atoms with Crippen molar-refractivity contribution >= 4 is 0 Å². The molecule has 0 fully saturated rings. The van der Waals surface area contributed by atoms with Gasteiger partial charge >= 0.3 is 0 Å². The number of phenols is 1. The number of hydrogen-bond acceptors (Lipinski definition) is 1. The lowest BCUT2D eigenvalue weighted by Crippen LogP contribution is -2.21. The molecule has 96 valence electrons. The number of aromatic hydroxyl groups is 1. The Bertz CT molecular complexity index is 375. The van der Waals surface area contributed by atoms with Crippen LogP contribution < -0.4 is 0 Å². The summed E-state index contributed by atoms with van der Waals surface area (Å²) >= 11 is 0. The molecule has 0 aromatic heterocycles. The van der Waals surface area contributed by atoms with E-state index in [1.165, 1.54) is 11.1 Å². The highest BCUT2D eigenvalue weighted by Crippen LogP contribution is 2.36. The van der Waals surface area contributed by atoms with Crippen molar-refractivity contribution < 1.29 is 5.11 Å². The van der Waals surface area contributed by atoms with Crippen molar-refractivity contribution in [2.75, 3.05) is 0 Å². The van der Waals surface area contributed by atoms with Gasteiger partial charge < -0.3 is 5.11 Å². The number of hydrogen-bond donors (Lipinski definition) is 1. The summed E-state index contributed by atoms with van der Waals surface area (Å²) in [4.78, 5) is 0. The van der Waals surface area contributed by atoms with E-state index in [4.69, 9.17) is 0 Å². The minimum atomic E-state index is 0.239. The van der Waals surface area contributed by atoms with E-state index < -0.39 is 0 Å². The van der Waals surface area contributed by atoms with E-state index in [2.05, 4.69) is 40.7 Å². The van der Waals surface area contributed by atoms with Gasteiger partial charge in [-0.1, -0.05) is 40.7 Å². The van der Waals surface area contributed by atoms with E-state index in [-0.39, 0.29) is 5.41 Å². The van der Waals surface area contributed by atoms with E-state index in [1.807, 2.05) is 6.07 Å². The highest BCUT2D eigenvalue weighted by molar-refractivity contribution is 5.45. The normalized spacial score (nSPS) is 11.8. The number of aryl methyl sites for hydroxylation is 2. The predicted molar refractivity (Wildman–Crippen MR) is 74.8 cm³/mol. The summed E-state index contributed by atoms with van der Waals surface area (Å²) < 4.78 is 0. The minimum absolute atomic E-state index is 0.239. The fraction of sp³-hybridized carbons (Fsp3) is 0.625. The van der Waals surface area contributed by atoms with Gasteiger partial charge in [0.15, 0.2) is 0 Å². The van der Waals surface area contributed by atoms with Gasteiger partial charge in [0, 0.05) is 0 Å². The van der Waals surface area contributed by atoms with Crippen LogP contribution in [0.4, 0.5) is 0 Å². The van der Waals surface area contributed by atoms with Crippen LogP contribution in [0, 0.1) is 0 Å². The van der Waals surface area contributed by atoms with Gasteiger partial charge in [-0.05, 0) is 53.9 Å². The van der Waals surface area contributed by atoms with Gasteiger partial charge in [-0.2, -0.15) is 0 Å². The van der Waals surface area contributed by atoms with Crippen molar-refractivity contribution in [3.63, 3.8) is 0 Å². The summed E-state index contributed by atoms with van der Waals surface area (Å²) in [6.07, 6.45) is 4.17. The van der Waals surface area contributed by atoms with Crippen molar-refractivity contribution in [1.29, 1.82) is 0 Å². The molecule has 0 saturated heterocycles. The van der Waals surface area contributed by atoms with Crippen LogP contribution in [0.1, 0.15) is 64.2 Å². The van der Waals surface area contributed by atoms with Crippen molar-refractivity contribution in [3.8, 4) is 5.75 Å². The molecule has 1 heteroatoms. The Morgan fingerprint density at radius 2 is 1.47 bits per heavy atom. The third kappa shape index (κ3) is 2.65. The van der Waals surface area contributed by atoms with Crippen LogP contribution in [0.25, 0.3) is 0 Å². The molecule has 1 N–H and O–H groups in total. The fourth-order valence-electron chi connectivity index (χ4n) is 2.44. The summed E-state index contributed by atoms with van der Waals surface area (Å²) in [7, 11) is 0. The molecule has 1 nitrogen and oxygen atoms in total. The zero-order chi connectivity index (χ0) is 13.1. The Balaban J connectivity index is 3.39. The first-order chi connectivity index (χ1) is 8.02. The smallest absolute Gasteiger partial charge is 0.119 e. The Labute approximate surface area is 106 Å². The van der Waals surface area contributed by atoms with Gasteiger partial charge in [-0.15, -0.1) is 0 Å². The maximum atomic E-state index is 9.96. The molecule has 0 aliphatic rings. The molecule has 1 aromatic rings. The van der Waals surface area contributed by atoms with Gasteiger partial charge in [-0.25, -0.2) is 0 Å². The summed E-state index contributed by atoms with van der Waals surface area (Å²) in [5.74, 6) is 0.461. The van der Waals surface area contributed by atoms with Crippen molar-refractivity contribution in [2.45, 2.75) is 65.7 Å². The summed E-state index contributed by atoms with van der Waals surface area (Å²) in [6, 6.07) is 4.19. The maximum absolute atomic E-state index is 9.96. The molecule has 0 radical (unpaired) electrons. The first kappa shape index (κ1) is 14.1. The Morgan fingerprint density at radius 3 is 1.88 bits per heavy atom. The molecule has 0 amide bonds. The van der Waals surface area contributed by atoms with Crippen LogP contribution in [0.5, 0.6) is 5.75 Å². The van der Waals surface area contributed by atoms with E-state index in [1.54, 1.807) is 0 Å². The molecule has 17 heavy (non-hydrogen) atoms. The van der Waals surface area contributed by atoms with E-state index >= 15 is 0 Å². The molecule has 1 rings (SSSR count). The molecule has 0 aliphatic heterocycles. The van der Waals surface area contributed by atoms with Crippen LogP contribution >= 0.6 is 0 Å². The van der Waals surface area contributed by atoms with Crippen LogP contribution in [0.3, 0.4) is 0 Å². The van der Waals surface area contributed by atoms with Gasteiger partial charge in [0.1, 0.15) is 5.75 Å². The van der Waals surface area contributed by atoms with Gasteiger partial charge in [0.2, 0.25) is 0 Å². The van der Waals surface area contributed by atoms with Crippen molar-refractivity contribution in [3.05, 3.63) is 28.8 Å². The quantitative estimate of drug-likeness (QED) is 0.789. The lowest BCUT2D eigenvalue weighted by molar-refractivity contribution is 0.430. The molecule has 0 heterocycles. The Hall–Kier alpha value is -0.980. The first-order valence-electron chi connectivity index (χ1n) is 6.87. The summed E-state index contributed by atoms with van der Waals surface area (Å²) in [5, 5.41) is 9.96. The van der Waals surface area contributed by atoms with Crippen LogP contribution in [0.15, 0.2) is 12.1 Å². The molecule has 0 aliphatic carbocycles. The van der Waals surface area contributed by atoms with Gasteiger partial charge in [0.05, 0.1) is 0 Å². The van der Waals surface area contributed by atoms with Crippen LogP contribution in [-0.2, 0) is 18.3 Å². The third-order valence-electron chi connectivity index (χ3n) is 4.28. The first-order valence-corrected chi connectivity index (χ1v) is 6.87. The number of rotatable bonds is 5. The summed E-state index contributed by atoms with van der Waals surface area (Å²) in [6.45, 7) is 11.1. The SMILES string of the molecule is CCc1cc(C(C)(CC)CC)c(CC)cc1O. The molecular weight excluding hydrogens is 208 g/mol. The molecule has 0 unspecified atom stereocenters. The Kier molecular flexibility index (Phi) is 4.62. The molecule has 0 bridgehead atoms. The molecule has 1 aromatic carbocycles. The van der Waals surface area contributed by atoms with E-state index in [0.717, 1.165) is 31.2 Å². The number of benzene rings is 1. The average molecular weight is 234 g/mol. The second kappa shape index (κ2) is 5.57. The van der Waals surface area contributed by atoms with Crippen LogP contribution in [-0.4, -0.2) is 5.11 Å². The monoisotopic (exact) mass is 234 g/mol. The van der Waals surface area contributed by atoms with Gasteiger partial charge in [-0.3, -0.25) is 0 Å². The average Bonchev–Trinajstić information content (AvgIpc) is 2.37. The standard InChI is InChI=1S/C16H26O/c1-6-12-11-15(17)13(7-2)10-14(12)16(5,8-3)9-4/h10-11,17H,6-9H2,1-5H3. The fourth-order valence-corrected chi connectivity index (χ4v) is 2.44. The van der Waals surface area contributed by atoms with E-state index in [0.29, 0.717) is 5.75 Å². The molecule has 0 atom stereocenters. The van der Waals surface area contributed by atoms with Gasteiger partial charge in [0.25, 0.3) is 0 Å². The third-order valence-corrected chi connectivity index (χ3v) is 4.28. The number of phenolic OH excluding ortho intramolecular Hbond substituents is 1. The highest BCUT2D eigenvalue weighted by Gasteiger charge is 2.25. The second-order valence-corrected chi connectivity index (χ2v) is 5.11. The molecular formula is C16H26O. The lowest BCUT2D eigenvalue weighted by Gasteiger charge is -2.30. The van der Waals surface area contributed by atoms with E-state index in [9.17, 15) is 5.11 Å². The largest absolute Gasteiger partial charge is 0.508 e. The van der Waals surface area contributed by atoms with Crippen molar-refractivity contribution in [1.82, 2.24) is 0 Å². The maximum Gasteiger partial charge on any atom is 0.119 e. The highest BCUT2D eigenvalue weighted by atomic mass is 16.3. The zero-order valence-corrected chi connectivity index (χ0v) is 11.9. The molecule has 0 spiro atoms. The molecule has 0 saturated carbocycles. The Morgan fingerprint density at radius 1 is 0.941 bits per heavy atom. The summed E-state index contributed by atoms with van der Waals surface area (Å²) in [5.41, 5.74) is 4.04. The zero-order valence-electron chi connectivity index (χ0n) is 11.9. The minimum Gasteiger partial charge on any atom is -0.508 e.